The van der Waals surface area contributed by atoms with E-state index in [0.717, 1.165) is 16.7 Å². The molecule has 1 heterocycles. The number of nitrogens with zero attached hydrogens (tertiary/aromatic N) is 1. The van der Waals surface area contributed by atoms with Gasteiger partial charge in [0.2, 0.25) is 0 Å². The molecule has 1 aliphatic rings. The van der Waals surface area contributed by atoms with E-state index in [0.29, 0.717) is 21.2 Å². The van der Waals surface area contributed by atoms with Gasteiger partial charge in [-0.15, -0.1) is 0 Å². The highest BCUT2D eigenvalue weighted by Crippen LogP contribution is 2.34. The summed E-state index contributed by atoms with van der Waals surface area (Å²) in [4.78, 5) is 26.5. The van der Waals surface area contributed by atoms with Crippen molar-refractivity contribution < 1.29 is 22.2 Å². The molecule has 0 aromatic heterocycles. The van der Waals surface area contributed by atoms with Gasteiger partial charge in [0, 0.05) is 10.0 Å². The van der Waals surface area contributed by atoms with Crippen molar-refractivity contribution in [1.82, 2.24) is 4.90 Å². The van der Waals surface area contributed by atoms with Crippen LogP contribution in [0, 0.1) is 0 Å². The van der Waals surface area contributed by atoms with Gasteiger partial charge in [-0.3, -0.25) is 14.5 Å². The van der Waals surface area contributed by atoms with E-state index in [-0.39, 0.29) is 22.1 Å². The summed E-state index contributed by atoms with van der Waals surface area (Å²) in [7, 11) is -3.95. The number of imide groups is 1. The van der Waals surface area contributed by atoms with Crippen LogP contribution in [0.15, 0.2) is 82.6 Å². The highest BCUT2D eigenvalue weighted by Gasteiger charge is 2.35. The lowest BCUT2D eigenvalue weighted by molar-refractivity contribution is -0.123. The fourth-order valence-corrected chi connectivity index (χ4v) is 5.25. The van der Waals surface area contributed by atoms with Gasteiger partial charge in [0.05, 0.1) is 11.4 Å². The highest BCUT2D eigenvalue weighted by atomic mass is 35.5. The summed E-state index contributed by atoms with van der Waals surface area (Å²) < 4.78 is 29.8. The number of hydrogen-bond donors (Lipinski definition) is 0. The SMILES string of the molecule is O=C1S/C(=C\c2ccc(OS(=O)(=O)c3ccccc3)cc2)C(=O)N1Cc1ccc(Cl)cc1Cl. The van der Waals surface area contributed by atoms with E-state index in [1.54, 1.807) is 54.6 Å². The van der Waals surface area contributed by atoms with Gasteiger partial charge in [-0.1, -0.05) is 59.6 Å². The predicted molar refractivity (Wildman–Crippen MR) is 129 cm³/mol. The Morgan fingerprint density at radius 3 is 2.30 bits per heavy atom. The van der Waals surface area contributed by atoms with E-state index in [4.69, 9.17) is 27.4 Å². The zero-order valence-corrected chi connectivity index (χ0v) is 19.9. The minimum atomic E-state index is -3.95. The molecule has 0 unspecified atom stereocenters. The number of rotatable bonds is 6. The Morgan fingerprint density at radius 1 is 0.939 bits per heavy atom. The van der Waals surface area contributed by atoms with Gasteiger partial charge in [-0.25, -0.2) is 0 Å². The molecule has 2 amide bonds. The van der Waals surface area contributed by atoms with Crippen LogP contribution in [0.4, 0.5) is 4.79 Å². The second-order valence-corrected chi connectivity index (χ2v) is 10.3. The Labute approximate surface area is 204 Å². The van der Waals surface area contributed by atoms with Crippen molar-refractivity contribution in [2.24, 2.45) is 0 Å². The molecule has 168 valence electrons. The molecular formula is C23H15Cl2NO5S2. The predicted octanol–water partition coefficient (Wildman–Crippen LogP) is 6.00. The highest BCUT2D eigenvalue weighted by molar-refractivity contribution is 8.18. The van der Waals surface area contributed by atoms with Crippen molar-refractivity contribution >= 4 is 62.3 Å². The van der Waals surface area contributed by atoms with Crippen LogP contribution in [0.5, 0.6) is 5.75 Å². The van der Waals surface area contributed by atoms with E-state index in [1.807, 2.05) is 0 Å². The summed E-state index contributed by atoms with van der Waals surface area (Å²) in [5, 5.41) is 0.416. The molecule has 6 nitrogen and oxygen atoms in total. The molecule has 0 atom stereocenters. The molecule has 0 saturated carbocycles. The number of carbonyl (C=O) groups is 2. The van der Waals surface area contributed by atoms with Gasteiger partial charge in [0.1, 0.15) is 10.6 Å². The second kappa shape index (κ2) is 9.61. The van der Waals surface area contributed by atoms with Crippen LogP contribution in [0.25, 0.3) is 6.08 Å². The number of carbonyl (C=O) groups excluding carboxylic acids is 2. The van der Waals surface area contributed by atoms with Crippen LogP contribution in [-0.4, -0.2) is 24.5 Å². The number of halogens is 2. The molecule has 1 saturated heterocycles. The summed E-state index contributed by atoms with van der Waals surface area (Å²) in [6.45, 7) is 0.0299. The van der Waals surface area contributed by atoms with Crippen molar-refractivity contribution in [1.29, 1.82) is 0 Å². The summed E-state index contributed by atoms with van der Waals surface area (Å²) >= 11 is 12.9. The molecule has 4 rings (SSSR count). The molecule has 0 aliphatic carbocycles. The molecule has 3 aromatic carbocycles. The number of amides is 2. The lowest BCUT2D eigenvalue weighted by Crippen LogP contribution is -2.27. The zero-order chi connectivity index (χ0) is 23.6. The molecule has 1 fully saturated rings. The van der Waals surface area contributed by atoms with E-state index in [2.05, 4.69) is 0 Å². The largest absolute Gasteiger partial charge is 0.379 e. The van der Waals surface area contributed by atoms with Crippen LogP contribution >= 0.6 is 35.0 Å². The molecule has 0 N–H and O–H groups in total. The smallest absolute Gasteiger partial charge is 0.339 e. The van der Waals surface area contributed by atoms with Crippen LogP contribution < -0.4 is 4.18 Å². The monoisotopic (exact) mass is 519 g/mol. The molecule has 33 heavy (non-hydrogen) atoms. The van der Waals surface area contributed by atoms with Gasteiger partial charge in [0.15, 0.2) is 0 Å². The quantitative estimate of drug-likeness (QED) is 0.293. The number of benzene rings is 3. The van der Waals surface area contributed by atoms with Crippen molar-refractivity contribution in [3.63, 3.8) is 0 Å². The van der Waals surface area contributed by atoms with Gasteiger partial charge < -0.3 is 4.18 Å². The first-order chi connectivity index (χ1) is 15.7. The van der Waals surface area contributed by atoms with Gasteiger partial charge >= 0.3 is 10.1 Å². The lowest BCUT2D eigenvalue weighted by atomic mass is 10.2. The lowest BCUT2D eigenvalue weighted by Gasteiger charge is -2.13. The van der Waals surface area contributed by atoms with Crippen molar-refractivity contribution in [3.05, 3.63) is 98.9 Å². The minimum Gasteiger partial charge on any atom is -0.379 e. The van der Waals surface area contributed by atoms with Gasteiger partial charge in [-0.2, -0.15) is 8.42 Å². The summed E-state index contributed by atoms with van der Waals surface area (Å²) in [5.41, 5.74) is 1.21. The summed E-state index contributed by atoms with van der Waals surface area (Å²) in [6, 6.07) is 18.8. The van der Waals surface area contributed by atoms with Crippen LogP contribution in [0.1, 0.15) is 11.1 Å². The first kappa shape index (κ1) is 23.4. The Balaban J connectivity index is 1.48. The third-order valence-corrected chi connectivity index (χ3v) is 7.39. The maximum Gasteiger partial charge on any atom is 0.339 e. The standard InChI is InChI=1S/C23H15Cl2NO5S2/c24-17-9-8-16(20(25)13-17)14-26-22(27)21(32-23(26)28)12-15-6-10-18(11-7-15)31-33(29,30)19-4-2-1-3-5-19/h1-13H,14H2/b21-12-. The van der Waals surface area contributed by atoms with Gasteiger partial charge in [-0.05, 0) is 65.4 Å². The van der Waals surface area contributed by atoms with E-state index in [1.165, 1.54) is 24.3 Å². The Morgan fingerprint density at radius 2 is 1.64 bits per heavy atom. The minimum absolute atomic E-state index is 0.0299. The molecule has 0 spiro atoms. The van der Waals surface area contributed by atoms with E-state index in [9.17, 15) is 18.0 Å². The van der Waals surface area contributed by atoms with Crippen LogP contribution in [0.3, 0.4) is 0 Å². The third kappa shape index (κ3) is 5.42. The maximum atomic E-state index is 12.8. The van der Waals surface area contributed by atoms with Gasteiger partial charge in [0.25, 0.3) is 11.1 Å². The van der Waals surface area contributed by atoms with Crippen molar-refractivity contribution in [2.75, 3.05) is 0 Å². The molecule has 0 bridgehead atoms. The maximum absolute atomic E-state index is 12.8. The molecule has 10 heteroatoms. The second-order valence-electron chi connectivity index (χ2n) is 6.92. The molecular weight excluding hydrogens is 505 g/mol. The summed E-state index contributed by atoms with van der Waals surface area (Å²) in [5.74, 6) is -0.315. The number of hydrogen-bond acceptors (Lipinski definition) is 6. The zero-order valence-electron chi connectivity index (χ0n) is 16.8. The molecule has 0 radical (unpaired) electrons. The number of thioether (sulfide) groups is 1. The fourth-order valence-electron chi connectivity index (χ4n) is 2.99. The van der Waals surface area contributed by atoms with Crippen molar-refractivity contribution in [3.8, 4) is 5.75 Å². The Kier molecular flexibility index (Phi) is 6.81. The van der Waals surface area contributed by atoms with Crippen molar-refractivity contribution in [2.45, 2.75) is 11.4 Å². The van der Waals surface area contributed by atoms with Crippen LogP contribution in [-0.2, 0) is 21.5 Å². The topological polar surface area (TPSA) is 80.8 Å². The average Bonchev–Trinajstić information content (AvgIpc) is 3.04. The van der Waals surface area contributed by atoms with E-state index < -0.39 is 21.3 Å². The van der Waals surface area contributed by atoms with E-state index >= 15 is 0 Å². The first-order valence-corrected chi connectivity index (χ1v) is 12.5. The molecule has 1 aliphatic heterocycles. The Bertz CT molecular complexity index is 1360. The third-order valence-electron chi connectivity index (χ3n) is 4.63. The Hall–Kier alpha value is -2.78. The average molecular weight is 520 g/mol. The van der Waals surface area contributed by atoms with Crippen LogP contribution in [0.2, 0.25) is 10.0 Å². The molecule has 3 aromatic rings. The normalized spacial score (nSPS) is 15.3. The summed E-state index contributed by atoms with van der Waals surface area (Å²) in [6.07, 6.45) is 1.56. The fraction of sp³-hybridized carbons (Fsp3) is 0.0435. The first-order valence-electron chi connectivity index (χ1n) is 9.52.